The Kier molecular flexibility index (Phi) is 5.32. The molecule has 0 spiro atoms. The summed E-state index contributed by atoms with van der Waals surface area (Å²) in [6, 6.07) is 6.03. The van der Waals surface area contributed by atoms with Gasteiger partial charge < -0.3 is 15.2 Å². The van der Waals surface area contributed by atoms with Crippen LogP contribution < -0.4 is 10.4 Å². The molecule has 1 aliphatic carbocycles. The summed E-state index contributed by atoms with van der Waals surface area (Å²) >= 11 is 3.11. The van der Waals surface area contributed by atoms with Gasteiger partial charge in [0, 0.05) is 16.0 Å². The largest absolute Gasteiger partial charge is 0.545 e. The fraction of sp³-hybridized carbons (Fsp3) is 0.300. The molecule has 0 saturated heterocycles. The Labute approximate surface area is 170 Å². The summed E-state index contributed by atoms with van der Waals surface area (Å²) in [5.74, 6) is -0.620. The van der Waals surface area contributed by atoms with Crippen molar-refractivity contribution in [2.45, 2.75) is 31.2 Å². The molecule has 1 N–H and O–H groups in total. The maximum atomic E-state index is 12.3. The summed E-state index contributed by atoms with van der Waals surface area (Å²) in [4.78, 5) is 34.5. The molecule has 6 nitrogen and oxygen atoms in total. The minimum absolute atomic E-state index is 0.0297. The number of carbonyl (C=O) groups is 2. The summed E-state index contributed by atoms with van der Waals surface area (Å²) in [5, 5.41) is 15.6. The van der Waals surface area contributed by atoms with E-state index in [9.17, 15) is 14.7 Å². The molecule has 2 aromatic heterocycles. The number of amides is 1. The van der Waals surface area contributed by atoms with E-state index in [1.54, 1.807) is 29.8 Å². The third kappa shape index (κ3) is 3.88. The lowest BCUT2D eigenvalue weighted by atomic mass is 9.89. The third-order valence-electron chi connectivity index (χ3n) is 4.78. The summed E-state index contributed by atoms with van der Waals surface area (Å²) in [6.07, 6.45) is 4.82. The van der Waals surface area contributed by atoms with Crippen molar-refractivity contribution < 1.29 is 14.7 Å². The van der Waals surface area contributed by atoms with E-state index in [-0.39, 0.29) is 17.2 Å². The predicted molar refractivity (Wildman–Crippen MR) is 109 cm³/mol. The Hall–Kier alpha value is -2.45. The van der Waals surface area contributed by atoms with Gasteiger partial charge in [-0.2, -0.15) is 0 Å². The number of nitrogens with zero attached hydrogens (tertiary/aromatic N) is 2. The van der Waals surface area contributed by atoms with E-state index >= 15 is 0 Å². The SMILES string of the molecule is C[C@@H]1CCc2c(sc3ncnc(SCC(=O)Nc4cccc(C(=O)[O-])c4)c23)C1. The zero-order valence-electron chi connectivity index (χ0n) is 15.2. The van der Waals surface area contributed by atoms with Gasteiger partial charge >= 0.3 is 0 Å². The standard InChI is InChI=1S/C20H19N3O3S2/c1-11-5-6-14-15(7-11)28-19-17(14)18(21-10-22-19)27-9-16(24)23-13-4-2-3-12(8-13)20(25)26/h2-4,8,10-11H,5-7,9H2,1H3,(H,23,24)(H,25,26)/p-1/t11-/m1/s1. The molecule has 1 aromatic carbocycles. The Balaban J connectivity index is 1.49. The minimum Gasteiger partial charge on any atom is -0.545 e. The number of rotatable bonds is 5. The van der Waals surface area contributed by atoms with Gasteiger partial charge in [-0.05, 0) is 48.4 Å². The highest BCUT2D eigenvalue weighted by molar-refractivity contribution is 8.00. The molecule has 0 saturated carbocycles. The molecule has 8 heteroatoms. The van der Waals surface area contributed by atoms with Crippen LogP contribution in [0.15, 0.2) is 35.6 Å². The number of hydrogen-bond acceptors (Lipinski definition) is 7. The van der Waals surface area contributed by atoms with Crippen LogP contribution in [-0.2, 0) is 17.6 Å². The van der Waals surface area contributed by atoms with E-state index in [2.05, 4.69) is 22.2 Å². The first-order valence-electron chi connectivity index (χ1n) is 9.00. The van der Waals surface area contributed by atoms with E-state index in [4.69, 9.17) is 0 Å². The summed E-state index contributed by atoms with van der Waals surface area (Å²) in [5.41, 5.74) is 1.80. The number of nitrogens with one attached hydrogen (secondary N) is 1. The van der Waals surface area contributed by atoms with Gasteiger partial charge in [0.05, 0.1) is 11.7 Å². The number of carboxylic acids is 1. The molecule has 1 aliphatic rings. The van der Waals surface area contributed by atoms with Crippen molar-refractivity contribution in [3.8, 4) is 0 Å². The Bertz CT molecular complexity index is 1060. The zero-order chi connectivity index (χ0) is 19.7. The third-order valence-corrected chi connectivity index (χ3v) is 6.93. The number of thiophene rings is 1. The number of hydrogen-bond donors (Lipinski definition) is 1. The van der Waals surface area contributed by atoms with E-state index < -0.39 is 5.97 Å². The molecule has 0 bridgehead atoms. The zero-order valence-corrected chi connectivity index (χ0v) is 16.9. The highest BCUT2D eigenvalue weighted by Crippen LogP contribution is 2.40. The molecule has 0 fully saturated rings. The van der Waals surface area contributed by atoms with Crippen LogP contribution in [0.2, 0.25) is 0 Å². The topological polar surface area (TPSA) is 95.0 Å². The van der Waals surface area contributed by atoms with Crippen LogP contribution in [-0.4, -0.2) is 27.6 Å². The fourth-order valence-electron chi connectivity index (χ4n) is 3.41. The van der Waals surface area contributed by atoms with E-state index in [1.807, 2.05) is 0 Å². The number of aromatic carboxylic acids is 1. The number of carboxylic acid groups (broad SMARTS) is 1. The number of fused-ring (bicyclic) bond motifs is 3. The van der Waals surface area contributed by atoms with Crippen molar-refractivity contribution in [2.24, 2.45) is 5.92 Å². The molecule has 0 unspecified atom stereocenters. The van der Waals surface area contributed by atoms with Gasteiger partial charge in [-0.15, -0.1) is 11.3 Å². The average Bonchev–Trinajstić information content (AvgIpc) is 3.04. The smallest absolute Gasteiger partial charge is 0.234 e. The number of carbonyl (C=O) groups excluding carboxylic acids is 2. The molecule has 4 rings (SSSR count). The van der Waals surface area contributed by atoms with Crippen molar-refractivity contribution in [2.75, 3.05) is 11.1 Å². The predicted octanol–water partition coefficient (Wildman–Crippen LogP) is 2.91. The average molecular weight is 413 g/mol. The normalized spacial score (nSPS) is 16.0. The molecule has 144 valence electrons. The quantitative estimate of drug-likeness (QED) is 0.511. The molecule has 1 amide bonds. The second-order valence-corrected chi connectivity index (χ2v) is 8.96. The van der Waals surface area contributed by atoms with Crippen LogP contribution in [0.25, 0.3) is 10.2 Å². The van der Waals surface area contributed by atoms with E-state index in [0.29, 0.717) is 11.6 Å². The molecular weight excluding hydrogens is 394 g/mol. The summed E-state index contributed by atoms with van der Waals surface area (Å²) in [6.45, 7) is 2.27. The Morgan fingerprint density at radius 1 is 1.36 bits per heavy atom. The molecule has 28 heavy (non-hydrogen) atoms. The van der Waals surface area contributed by atoms with Gasteiger partial charge in [0.15, 0.2) is 0 Å². The molecule has 2 heterocycles. The van der Waals surface area contributed by atoms with E-state index in [0.717, 1.165) is 34.5 Å². The van der Waals surface area contributed by atoms with Crippen LogP contribution in [0.4, 0.5) is 5.69 Å². The second kappa shape index (κ2) is 7.89. The van der Waals surface area contributed by atoms with Gasteiger partial charge in [0.25, 0.3) is 0 Å². The first kappa shape index (κ1) is 18.9. The monoisotopic (exact) mass is 412 g/mol. The molecular formula is C20H18N3O3S2-. The summed E-state index contributed by atoms with van der Waals surface area (Å²) < 4.78 is 0. The molecule has 1 atom stereocenters. The number of thioether (sulfide) groups is 1. The number of aromatic nitrogens is 2. The maximum Gasteiger partial charge on any atom is 0.234 e. The van der Waals surface area contributed by atoms with Crippen LogP contribution in [0.3, 0.4) is 0 Å². The van der Waals surface area contributed by atoms with Crippen LogP contribution in [0.5, 0.6) is 0 Å². The van der Waals surface area contributed by atoms with E-state index in [1.165, 1.54) is 34.3 Å². The number of benzene rings is 1. The fourth-order valence-corrected chi connectivity index (χ4v) is 5.65. The van der Waals surface area contributed by atoms with Crippen molar-refractivity contribution in [3.63, 3.8) is 0 Å². The van der Waals surface area contributed by atoms with Gasteiger partial charge in [0.1, 0.15) is 16.2 Å². The van der Waals surface area contributed by atoms with Crippen LogP contribution in [0.1, 0.15) is 34.1 Å². The van der Waals surface area contributed by atoms with Crippen molar-refractivity contribution in [1.29, 1.82) is 0 Å². The molecule has 3 aromatic rings. The first-order chi connectivity index (χ1) is 13.5. The van der Waals surface area contributed by atoms with Crippen LogP contribution in [0, 0.1) is 5.92 Å². The lowest BCUT2D eigenvalue weighted by molar-refractivity contribution is -0.255. The van der Waals surface area contributed by atoms with Crippen LogP contribution >= 0.6 is 23.1 Å². The minimum atomic E-state index is -1.27. The highest BCUT2D eigenvalue weighted by atomic mass is 32.2. The molecule has 0 aliphatic heterocycles. The maximum absolute atomic E-state index is 12.3. The molecule has 0 radical (unpaired) electrons. The Morgan fingerprint density at radius 2 is 2.21 bits per heavy atom. The Morgan fingerprint density at radius 3 is 3.04 bits per heavy atom. The lowest BCUT2D eigenvalue weighted by Crippen LogP contribution is -2.22. The van der Waals surface area contributed by atoms with Gasteiger partial charge in [-0.3, -0.25) is 4.79 Å². The second-order valence-electron chi connectivity index (χ2n) is 6.92. The lowest BCUT2D eigenvalue weighted by Gasteiger charge is -2.18. The summed E-state index contributed by atoms with van der Waals surface area (Å²) in [7, 11) is 0. The van der Waals surface area contributed by atoms with Crippen molar-refractivity contribution >= 4 is 50.9 Å². The number of aryl methyl sites for hydroxylation is 1. The van der Waals surface area contributed by atoms with Crippen molar-refractivity contribution in [1.82, 2.24) is 9.97 Å². The van der Waals surface area contributed by atoms with Gasteiger partial charge in [-0.1, -0.05) is 30.8 Å². The number of anilines is 1. The van der Waals surface area contributed by atoms with Gasteiger partial charge in [0.2, 0.25) is 5.91 Å². The van der Waals surface area contributed by atoms with Gasteiger partial charge in [-0.25, -0.2) is 9.97 Å². The highest BCUT2D eigenvalue weighted by Gasteiger charge is 2.23. The van der Waals surface area contributed by atoms with Crippen molar-refractivity contribution in [3.05, 3.63) is 46.6 Å². The first-order valence-corrected chi connectivity index (χ1v) is 10.8.